The number of hydrogen-bond acceptors (Lipinski definition) is 5. The van der Waals surface area contributed by atoms with Gasteiger partial charge < -0.3 is 9.84 Å². The summed E-state index contributed by atoms with van der Waals surface area (Å²) in [6.45, 7) is 0. The van der Waals surface area contributed by atoms with Gasteiger partial charge in [-0.05, 0) is 53.2 Å². The second-order valence-electron chi connectivity index (χ2n) is 6.81. The number of nitrogens with one attached hydrogen (secondary N) is 1. The lowest BCUT2D eigenvalue weighted by molar-refractivity contribution is 0.0734. The van der Waals surface area contributed by atoms with Gasteiger partial charge in [0.15, 0.2) is 0 Å². The fourth-order valence-electron chi connectivity index (χ4n) is 3.11. The zero-order chi connectivity index (χ0) is 22.5. The summed E-state index contributed by atoms with van der Waals surface area (Å²) in [5.41, 5.74) is 3.54. The molecule has 0 heterocycles. The van der Waals surface area contributed by atoms with Gasteiger partial charge in [0, 0.05) is 11.1 Å². The largest absolute Gasteiger partial charge is 0.508 e. The Morgan fingerprint density at radius 3 is 2.41 bits per heavy atom. The number of amides is 1. The molecule has 158 valence electrons. The van der Waals surface area contributed by atoms with Gasteiger partial charge in [-0.25, -0.2) is 10.2 Å². The zero-order valence-corrected chi connectivity index (χ0v) is 17.4. The molecule has 32 heavy (non-hydrogen) atoms. The number of esters is 1. The van der Waals surface area contributed by atoms with E-state index in [1.165, 1.54) is 30.5 Å². The third-order valence-electron chi connectivity index (χ3n) is 4.72. The highest BCUT2D eigenvalue weighted by Crippen LogP contribution is 2.28. The molecule has 0 fully saturated rings. The molecule has 6 nitrogen and oxygen atoms in total. The van der Waals surface area contributed by atoms with Gasteiger partial charge in [0.05, 0.1) is 16.8 Å². The molecule has 0 unspecified atom stereocenters. The fraction of sp³-hybridized carbons (Fsp3) is 0. The number of aromatic hydroxyl groups is 1. The van der Waals surface area contributed by atoms with Crippen molar-refractivity contribution in [2.75, 3.05) is 0 Å². The van der Waals surface area contributed by atoms with E-state index in [9.17, 15) is 14.7 Å². The smallest absolute Gasteiger partial charge is 0.345 e. The topological polar surface area (TPSA) is 88.0 Å². The van der Waals surface area contributed by atoms with Crippen molar-refractivity contribution < 1.29 is 19.4 Å². The van der Waals surface area contributed by atoms with Crippen molar-refractivity contribution in [2.45, 2.75) is 0 Å². The Morgan fingerprint density at radius 1 is 0.906 bits per heavy atom. The second kappa shape index (κ2) is 9.32. The van der Waals surface area contributed by atoms with Crippen LogP contribution >= 0.6 is 11.6 Å². The minimum absolute atomic E-state index is 0.0609. The summed E-state index contributed by atoms with van der Waals surface area (Å²) in [7, 11) is 0. The van der Waals surface area contributed by atoms with Crippen LogP contribution in [0.5, 0.6) is 11.5 Å². The van der Waals surface area contributed by atoms with Crippen molar-refractivity contribution in [3.05, 3.63) is 107 Å². The standard InChI is InChI=1S/C25H17ClN2O4/c26-22-8-4-3-7-20(22)25(31)32-23-14-11-16-5-1-2-6-19(16)21(23)15-27-28-24(30)17-9-12-18(29)13-10-17/h1-15,29H,(H,28,30)/b27-15+. The third kappa shape index (κ3) is 4.61. The first kappa shape index (κ1) is 21.1. The number of hydrogen-bond donors (Lipinski definition) is 2. The molecule has 0 saturated heterocycles. The van der Waals surface area contributed by atoms with Crippen LogP contribution in [-0.4, -0.2) is 23.2 Å². The highest BCUT2D eigenvalue weighted by Gasteiger charge is 2.16. The molecule has 4 aromatic carbocycles. The lowest BCUT2D eigenvalue weighted by Crippen LogP contribution is -2.17. The van der Waals surface area contributed by atoms with E-state index in [0.29, 0.717) is 11.1 Å². The van der Waals surface area contributed by atoms with Gasteiger partial charge in [0.25, 0.3) is 5.91 Å². The van der Waals surface area contributed by atoms with Crippen LogP contribution in [-0.2, 0) is 0 Å². The maximum absolute atomic E-state index is 12.7. The second-order valence-corrected chi connectivity index (χ2v) is 7.22. The van der Waals surface area contributed by atoms with Crippen LogP contribution in [0.3, 0.4) is 0 Å². The molecule has 1 amide bonds. The summed E-state index contributed by atoms with van der Waals surface area (Å²) in [5, 5.41) is 15.4. The van der Waals surface area contributed by atoms with Crippen LogP contribution in [0, 0.1) is 0 Å². The maximum Gasteiger partial charge on any atom is 0.345 e. The summed E-state index contributed by atoms with van der Waals surface area (Å²) >= 11 is 6.12. The zero-order valence-electron chi connectivity index (χ0n) is 16.7. The molecular weight excluding hydrogens is 428 g/mol. The van der Waals surface area contributed by atoms with Crippen LogP contribution in [0.1, 0.15) is 26.3 Å². The Balaban J connectivity index is 1.63. The highest BCUT2D eigenvalue weighted by atomic mass is 35.5. The molecule has 2 N–H and O–H groups in total. The number of halogens is 1. The average Bonchev–Trinajstić information content (AvgIpc) is 2.80. The van der Waals surface area contributed by atoms with Crippen LogP contribution < -0.4 is 10.2 Å². The molecule has 4 rings (SSSR count). The molecule has 0 aliphatic rings. The number of phenolic OH excluding ortho intramolecular Hbond substituents is 1. The normalized spacial score (nSPS) is 10.9. The number of nitrogens with zero attached hydrogens (tertiary/aromatic N) is 1. The van der Waals surface area contributed by atoms with Crippen molar-refractivity contribution in [3.8, 4) is 11.5 Å². The van der Waals surface area contributed by atoms with E-state index in [1.807, 2.05) is 30.3 Å². The fourth-order valence-corrected chi connectivity index (χ4v) is 3.33. The van der Waals surface area contributed by atoms with Crippen molar-refractivity contribution in [3.63, 3.8) is 0 Å². The van der Waals surface area contributed by atoms with Gasteiger partial charge in [-0.3, -0.25) is 4.79 Å². The lowest BCUT2D eigenvalue weighted by Gasteiger charge is -2.11. The monoisotopic (exact) mass is 444 g/mol. The number of fused-ring (bicyclic) bond motifs is 1. The Labute approximate surface area is 188 Å². The molecule has 0 aliphatic heterocycles. The molecule has 7 heteroatoms. The number of benzene rings is 4. The molecule has 0 spiro atoms. The SMILES string of the molecule is O=C(N/N=C/c1c(OC(=O)c2ccccc2Cl)ccc2ccccc12)c1ccc(O)cc1. The first-order valence-corrected chi connectivity index (χ1v) is 10.0. The van der Waals surface area contributed by atoms with E-state index in [4.69, 9.17) is 16.3 Å². The quantitative estimate of drug-likeness (QED) is 0.192. The predicted octanol–water partition coefficient (Wildman–Crippen LogP) is 5.18. The van der Waals surface area contributed by atoms with Crippen LogP contribution in [0.15, 0.2) is 90.0 Å². The summed E-state index contributed by atoms with van der Waals surface area (Å²) in [5.74, 6) is -0.716. The molecule has 4 aromatic rings. The van der Waals surface area contributed by atoms with Gasteiger partial charge in [-0.1, -0.05) is 54.1 Å². The Hall–Kier alpha value is -4.16. The first-order chi connectivity index (χ1) is 15.5. The summed E-state index contributed by atoms with van der Waals surface area (Å²) in [4.78, 5) is 25.0. The minimum atomic E-state index is -0.603. The van der Waals surface area contributed by atoms with Gasteiger partial charge in [0.1, 0.15) is 11.5 Å². The van der Waals surface area contributed by atoms with E-state index in [2.05, 4.69) is 10.5 Å². The molecule has 0 atom stereocenters. The maximum atomic E-state index is 12.7. The minimum Gasteiger partial charge on any atom is -0.508 e. The molecular formula is C25H17ClN2O4. The van der Waals surface area contributed by atoms with E-state index >= 15 is 0 Å². The van der Waals surface area contributed by atoms with Crippen molar-refractivity contribution in [1.82, 2.24) is 5.43 Å². The average molecular weight is 445 g/mol. The van der Waals surface area contributed by atoms with Crippen molar-refractivity contribution in [1.29, 1.82) is 0 Å². The van der Waals surface area contributed by atoms with E-state index in [1.54, 1.807) is 30.3 Å². The Kier molecular flexibility index (Phi) is 6.14. The molecule has 0 aromatic heterocycles. The summed E-state index contributed by atoms with van der Waals surface area (Å²) in [6.07, 6.45) is 1.43. The van der Waals surface area contributed by atoms with Crippen molar-refractivity contribution in [2.24, 2.45) is 5.10 Å². The Bertz CT molecular complexity index is 1330. The third-order valence-corrected chi connectivity index (χ3v) is 5.05. The number of ether oxygens (including phenoxy) is 1. The first-order valence-electron chi connectivity index (χ1n) is 9.64. The van der Waals surface area contributed by atoms with E-state index in [-0.39, 0.29) is 22.1 Å². The van der Waals surface area contributed by atoms with Gasteiger partial charge in [-0.2, -0.15) is 5.10 Å². The molecule has 0 bridgehead atoms. The number of carbonyl (C=O) groups excluding carboxylic acids is 2. The predicted molar refractivity (Wildman–Crippen MR) is 124 cm³/mol. The van der Waals surface area contributed by atoms with E-state index in [0.717, 1.165) is 10.8 Å². The summed E-state index contributed by atoms with van der Waals surface area (Å²) < 4.78 is 5.62. The van der Waals surface area contributed by atoms with E-state index < -0.39 is 11.9 Å². The molecule has 0 radical (unpaired) electrons. The van der Waals surface area contributed by atoms with Crippen LogP contribution in [0.4, 0.5) is 0 Å². The highest BCUT2D eigenvalue weighted by molar-refractivity contribution is 6.33. The van der Waals surface area contributed by atoms with Crippen LogP contribution in [0.25, 0.3) is 10.8 Å². The van der Waals surface area contributed by atoms with Gasteiger partial charge in [0.2, 0.25) is 0 Å². The summed E-state index contributed by atoms with van der Waals surface area (Å²) in [6, 6.07) is 23.4. The number of carbonyl (C=O) groups is 2. The molecule has 0 aliphatic carbocycles. The molecule has 0 saturated carbocycles. The van der Waals surface area contributed by atoms with Gasteiger partial charge >= 0.3 is 5.97 Å². The lowest BCUT2D eigenvalue weighted by atomic mass is 10.0. The number of rotatable bonds is 5. The van der Waals surface area contributed by atoms with Crippen LogP contribution in [0.2, 0.25) is 5.02 Å². The van der Waals surface area contributed by atoms with Gasteiger partial charge in [-0.15, -0.1) is 0 Å². The van der Waals surface area contributed by atoms with Crippen molar-refractivity contribution >= 4 is 40.5 Å². The number of phenols is 1. The number of hydrazone groups is 1. The Morgan fingerprint density at radius 2 is 1.62 bits per heavy atom.